The molecule has 0 amide bonds. The fourth-order valence-corrected chi connectivity index (χ4v) is 3.92. The Morgan fingerprint density at radius 3 is 2.21 bits per heavy atom. The standard InChI is InChI=1S/C23H25N3O3/c1-28-23(27)19-12-14-26(15-13-19)16-20-24-22(25-29-20)21(17-8-4-2-5-9-17)18-10-6-3-7-11-18/h2-11,19,21H,12-16H2,1H3. The van der Waals surface area contributed by atoms with Gasteiger partial charge >= 0.3 is 5.97 Å². The topological polar surface area (TPSA) is 68.5 Å². The van der Waals surface area contributed by atoms with Crippen LogP contribution < -0.4 is 0 Å². The van der Waals surface area contributed by atoms with Crippen LogP contribution in [-0.2, 0) is 16.1 Å². The quantitative estimate of drug-likeness (QED) is 0.598. The van der Waals surface area contributed by atoms with Gasteiger partial charge in [-0.2, -0.15) is 4.98 Å². The fraction of sp³-hybridized carbons (Fsp3) is 0.348. The first kappa shape index (κ1) is 19.3. The third-order valence-corrected chi connectivity index (χ3v) is 5.49. The average molecular weight is 391 g/mol. The molecule has 1 saturated heterocycles. The van der Waals surface area contributed by atoms with Crippen molar-refractivity contribution in [1.82, 2.24) is 15.0 Å². The molecule has 0 bridgehead atoms. The second-order valence-corrected chi connectivity index (χ2v) is 7.37. The number of methoxy groups -OCH3 is 1. The molecule has 2 heterocycles. The lowest BCUT2D eigenvalue weighted by molar-refractivity contribution is -0.147. The lowest BCUT2D eigenvalue weighted by Crippen LogP contribution is -2.36. The summed E-state index contributed by atoms with van der Waals surface area (Å²) in [6.45, 7) is 2.23. The highest BCUT2D eigenvalue weighted by molar-refractivity contribution is 5.72. The Bertz CT molecular complexity index is 879. The maximum atomic E-state index is 11.7. The SMILES string of the molecule is COC(=O)C1CCN(Cc2nc(C(c3ccccc3)c3ccccc3)no2)CC1. The molecule has 1 aromatic heterocycles. The number of esters is 1. The van der Waals surface area contributed by atoms with E-state index >= 15 is 0 Å². The lowest BCUT2D eigenvalue weighted by atomic mass is 9.91. The van der Waals surface area contributed by atoms with Crippen LogP contribution in [0.4, 0.5) is 0 Å². The van der Waals surface area contributed by atoms with Crippen molar-refractivity contribution in [2.45, 2.75) is 25.3 Å². The Morgan fingerprint density at radius 1 is 1.07 bits per heavy atom. The second kappa shape index (κ2) is 9.01. The predicted molar refractivity (Wildman–Crippen MR) is 108 cm³/mol. The molecule has 1 fully saturated rings. The molecule has 29 heavy (non-hydrogen) atoms. The number of hydrogen-bond donors (Lipinski definition) is 0. The summed E-state index contributed by atoms with van der Waals surface area (Å²) in [6.07, 6.45) is 1.59. The number of rotatable bonds is 6. The van der Waals surface area contributed by atoms with E-state index < -0.39 is 0 Å². The largest absolute Gasteiger partial charge is 0.469 e. The van der Waals surface area contributed by atoms with E-state index in [1.165, 1.54) is 7.11 Å². The molecule has 4 rings (SSSR count). The van der Waals surface area contributed by atoms with Gasteiger partial charge in [0.15, 0.2) is 5.82 Å². The van der Waals surface area contributed by atoms with E-state index in [1.807, 2.05) is 36.4 Å². The first-order valence-electron chi connectivity index (χ1n) is 9.97. The molecular formula is C23H25N3O3. The minimum absolute atomic E-state index is 0.00459. The van der Waals surface area contributed by atoms with E-state index in [9.17, 15) is 4.79 Å². The molecule has 0 saturated carbocycles. The number of carbonyl (C=O) groups is 1. The van der Waals surface area contributed by atoms with Crippen molar-refractivity contribution in [3.8, 4) is 0 Å². The minimum Gasteiger partial charge on any atom is -0.469 e. The lowest BCUT2D eigenvalue weighted by Gasteiger charge is -2.29. The molecule has 1 aliphatic heterocycles. The van der Waals surface area contributed by atoms with Crippen LogP contribution in [-0.4, -0.2) is 41.2 Å². The van der Waals surface area contributed by atoms with E-state index in [0.29, 0.717) is 18.3 Å². The van der Waals surface area contributed by atoms with Crippen LogP contribution in [0, 0.1) is 5.92 Å². The smallest absolute Gasteiger partial charge is 0.308 e. The van der Waals surface area contributed by atoms with Crippen LogP contribution in [0.2, 0.25) is 0 Å². The molecule has 3 aromatic rings. The zero-order chi connectivity index (χ0) is 20.1. The highest BCUT2D eigenvalue weighted by Crippen LogP contribution is 2.30. The Balaban J connectivity index is 1.49. The summed E-state index contributed by atoms with van der Waals surface area (Å²) < 4.78 is 10.5. The van der Waals surface area contributed by atoms with Crippen molar-refractivity contribution in [1.29, 1.82) is 0 Å². The highest BCUT2D eigenvalue weighted by Gasteiger charge is 2.27. The van der Waals surface area contributed by atoms with Gasteiger partial charge in [0.05, 0.1) is 25.5 Å². The molecule has 1 aliphatic rings. The van der Waals surface area contributed by atoms with Gasteiger partial charge in [0.25, 0.3) is 0 Å². The van der Waals surface area contributed by atoms with Gasteiger partial charge in [-0.25, -0.2) is 0 Å². The molecule has 6 heteroatoms. The van der Waals surface area contributed by atoms with Crippen molar-refractivity contribution < 1.29 is 14.1 Å². The Labute approximate surface area is 170 Å². The van der Waals surface area contributed by atoms with Crippen molar-refractivity contribution >= 4 is 5.97 Å². The second-order valence-electron chi connectivity index (χ2n) is 7.37. The number of benzene rings is 2. The summed E-state index contributed by atoms with van der Waals surface area (Å²) >= 11 is 0. The van der Waals surface area contributed by atoms with Gasteiger partial charge in [0.1, 0.15) is 0 Å². The Morgan fingerprint density at radius 2 is 1.66 bits per heavy atom. The third kappa shape index (κ3) is 4.54. The van der Waals surface area contributed by atoms with Gasteiger partial charge in [-0.05, 0) is 37.1 Å². The molecule has 0 unspecified atom stereocenters. The van der Waals surface area contributed by atoms with Crippen molar-refractivity contribution in [3.05, 3.63) is 83.5 Å². The van der Waals surface area contributed by atoms with E-state index in [-0.39, 0.29) is 17.8 Å². The number of nitrogens with zero attached hydrogens (tertiary/aromatic N) is 3. The van der Waals surface area contributed by atoms with E-state index in [2.05, 4.69) is 34.3 Å². The molecule has 0 aliphatic carbocycles. The van der Waals surface area contributed by atoms with Crippen LogP contribution in [0.25, 0.3) is 0 Å². The fourth-order valence-electron chi connectivity index (χ4n) is 3.92. The number of piperidine rings is 1. The van der Waals surface area contributed by atoms with Gasteiger partial charge in [-0.1, -0.05) is 65.8 Å². The van der Waals surface area contributed by atoms with Crippen LogP contribution in [0.3, 0.4) is 0 Å². The van der Waals surface area contributed by atoms with E-state index in [0.717, 1.165) is 37.1 Å². The maximum Gasteiger partial charge on any atom is 0.308 e. The van der Waals surface area contributed by atoms with Crippen LogP contribution in [0.1, 0.15) is 41.6 Å². The molecular weight excluding hydrogens is 366 g/mol. The predicted octanol–water partition coefficient (Wildman–Crippen LogP) is 3.63. The maximum absolute atomic E-state index is 11.7. The van der Waals surface area contributed by atoms with Crippen molar-refractivity contribution in [3.63, 3.8) is 0 Å². The first-order valence-corrected chi connectivity index (χ1v) is 9.97. The summed E-state index contributed by atoms with van der Waals surface area (Å²) in [5.74, 6) is 1.09. The molecule has 150 valence electrons. The Kier molecular flexibility index (Phi) is 6.00. The Hall–Kier alpha value is -2.99. The summed E-state index contributed by atoms with van der Waals surface area (Å²) in [7, 11) is 1.45. The van der Waals surface area contributed by atoms with Crippen LogP contribution in [0.5, 0.6) is 0 Å². The number of likely N-dealkylation sites (tertiary alicyclic amines) is 1. The summed E-state index contributed by atoms with van der Waals surface area (Å²) in [5.41, 5.74) is 2.26. The van der Waals surface area contributed by atoms with Gasteiger partial charge in [-0.3, -0.25) is 9.69 Å². The van der Waals surface area contributed by atoms with Crippen LogP contribution in [0.15, 0.2) is 65.2 Å². The normalized spacial score (nSPS) is 15.5. The zero-order valence-electron chi connectivity index (χ0n) is 16.5. The van der Waals surface area contributed by atoms with Crippen molar-refractivity contribution in [2.24, 2.45) is 5.92 Å². The molecule has 6 nitrogen and oxygen atoms in total. The van der Waals surface area contributed by atoms with Gasteiger partial charge < -0.3 is 9.26 Å². The molecule has 0 radical (unpaired) electrons. The van der Waals surface area contributed by atoms with Gasteiger partial charge in [0.2, 0.25) is 5.89 Å². The van der Waals surface area contributed by atoms with Gasteiger partial charge in [0, 0.05) is 0 Å². The summed E-state index contributed by atoms with van der Waals surface area (Å²) in [6, 6.07) is 20.5. The average Bonchev–Trinajstić information content (AvgIpc) is 3.23. The zero-order valence-corrected chi connectivity index (χ0v) is 16.5. The number of aromatic nitrogens is 2. The van der Waals surface area contributed by atoms with E-state index in [1.54, 1.807) is 0 Å². The number of ether oxygens (including phenoxy) is 1. The third-order valence-electron chi connectivity index (χ3n) is 5.49. The molecule has 0 N–H and O–H groups in total. The molecule has 0 spiro atoms. The van der Waals surface area contributed by atoms with Crippen LogP contribution >= 0.6 is 0 Å². The number of carbonyl (C=O) groups excluding carboxylic acids is 1. The monoisotopic (exact) mass is 391 g/mol. The molecule has 0 atom stereocenters. The van der Waals surface area contributed by atoms with Gasteiger partial charge in [-0.15, -0.1) is 0 Å². The molecule has 2 aromatic carbocycles. The summed E-state index contributed by atoms with van der Waals surface area (Å²) in [5, 5.41) is 4.30. The van der Waals surface area contributed by atoms with Crippen molar-refractivity contribution in [2.75, 3.05) is 20.2 Å². The first-order chi connectivity index (χ1) is 14.2. The van der Waals surface area contributed by atoms with E-state index in [4.69, 9.17) is 14.2 Å². The highest BCUT2D eigenvalue weighted by atomic mass is 16.5. The minimum atomic E-state index is -0.113. The summed E-state index contributed by atoms with van der Waals surface area (Å²) in [4.78, 5) is 18.7. The number of hydrogen-bond acceptors (Lipinski definition) is 6.